The van der Waals surface area contributed by atoms with Crippen LogP contribution in [0.25, 0.3) is 71.6 Å². The van der Waals surface area contributed by atoms with E-state index in [1.807, 2.05) is 0 Å². The van der Waals surface area contributed by atoms with Gasteiger partial charge in [-0.2, -0.15) is 0 Å². The number of aromatic nitrogens is 1. The number of rotatable bonds is 7. The van der Waals surface area contributed by atoms with E-state index in [1.54, 1.807) is 0 Å². The fourth-order valence-corrected chi connectivity index (χ4v) is 11.4. The van der Waals surface area contributed by atoms with E-state index in [2.05, 4.69) is 224 Å². The number of fused-ring (bicyclic) bond motifs is 7. The molecule has 12 rings (SSSR count). The minimum atomic E-state index is -0.0571. The molecule has 2 nitrogen and oxygen atoms in total. The molecule has 0 spiro atoms. The van der Waals surface area contributed by atoms with E-state index in [1.165, 1.54) is 115 Å². The van der Waals surface area contributed by atoms with Gasteiger partial charge >= 0.3 is 0 Å². The minimum Gasteiger partial charge on any atom is -0.309 e. The summed E-state index contributed by atoms with van der Waals surface area (Å²) in [4.78, 5) is 2.54. The Bertz CT molecular complexity index is 3340. The molecule has 1 heterocycles. The van der Waals surface area contributed by atoms with Gasteiger partial charge in [-0.15, -0.1) is 0 Å². The summed E-state index contributed by atoms with van der Waals surface area (Å²) in [5.41, 5.74) is 18.9. The Morgan fingerprint density at radius 3 is 1.94 bits per heavy atom. The number of para-hydroxylation sites is 3. The van der Waals surface area contributed by atoms with E-state index in [0.29, 0.717) is 5.92 Å². The van der Waals surface area contributed by atoms with Crippen LogP contribution in [0.15, 0.2) is 200 Å². The molecule has 0 unspecified atom stereocenters. The third kappa shape index (κ3) is 6.07. The summed E-state index contributed by atoms with van der Waals surface area (Å²) in [5.74, 6) is 0.580. The minimum absolute atomic E-state index is 0.0571. The zero-order chi connectivity index (χ0) is 42.1. The molecule has 1 saturated carbocycles. The van der Waals surface area contributed by atoms with E-state index in [-0.39, 0.29) is 5.41 Å². The van der Waals surface area contributed by atoms with Crippen molar-refractivity contribution in [1.82, 2.24) is 4.57 Å². The van der Waals surface area contributed by atoms with E-state index < -0.39 is 0 Å². The molecule has 10 aromatic rings. The molecular weight excluding hydrogens is 761 g/mol. The first kappa shape index (κ1) is 37.6. The second-order valence-corrected chi connectivity index (χ2v) is 18.3. The standard InChI is InChI=1S/C61H50N2/c1-61(2)53-29-12-9-24-48(53)49-39-36-44(40-54(49)61)41-34-37-46(38-35-41)63(58-33-17-32-57-60(58)52-26-11-14-31-56(52)62(57)45-22-7-4-8-23-45)55-30-13-10-25-50(55)51-28-16-21-43-20-15-27-47(59(43)51)42-18-5-3-6-19-42/h4,7-17,20-40,42H,3,5-6,18-19H2,1-2H3. The van der Waals surface area contributed by atoms with Crippen molar-refractivity contribution in [2.75, 3.05) is 4.90 Å². The van der Waals surface area contributed by atoms with Crippen LogP contribution in [0.4, 0.5) is 17.1 Å². The van der Waals surface area contributed by atoms with Crippen LogP contribution in [0.1, 0.15) is 68.6 Å². The Hall–Kier alpha value is -7.16. The number of anilines is 3. The smallest absolute Gasteiger partial charge is 0.0562 e. The van der Waals surface area contributed by atoms with Crippen LogP contribution in [0, 0.1) is 0 Å². The Balaban J connectivity index is 1.08. The van der Waals surface area contributed by atoms with E-state index >= 15 is 0 Å². The predicted octanol–water partition coefficient (Wildman–Crippen LogP) is 17.1. The number of hydrogen-bond acceptors (Lipinski definition) is 1. The SMILES string of the molecule is CC1(C)c2ccccc2-c2ccc(-c3ccc(N(c4ccccc4-c4cccc5cccc(C6CCCCC6)c45)c4cccc5c4c4ccccc4n5-c4ccccc4)cc3)cc21. The second-order valence-electron chi connectivity index (χ2n) is 18.3. The molecule has 9 aromatic carbocycles. The van der Waals surface area contributed by atoms with Gasteiger partial charge < -0.3 is 9.47 Å². The van der Waals surface area contributed by atoms with Crippen molar-refractivity contribution in [2.24, 2.45) is 0 Å². The monoisotopic (exact) mass is 810 g/mol. The highest BCUT2D eigenvalue weighted by Gasteiger charge is 2.35. The van der Waals surface area contributed by atoms with Crippen LogP contribution in [0.3, 0.4) is 0 Å². The Labute approximate surface area is 370 Å². The maximum atomic E-state index is 2.54. The number of hydrogen-bond donors (Lipinski definition) is 0. The molecule has 1 aromatic heterocycles. The van der Waals surface area contributed by atoms with Gasteiger partial charge in [0.15, 0.2) is 0 Å². The van der Waals surface area contributed by atoms with Crippen molar-refractivity contribution < 1.29 is 0 Å². The maximum Gasteiger partial charge on any atom is 0.0562 e. The molecule has 0 bridgehead atoms. The highest BCUT2D eigenvalue weighted by molar-refractivity contribution is 6.17. The van der Waals surface area contributed by atoms with Crippen LogP contribution in [0.5, 0.6) is 0 Å². The van der Waals surface area contributed by atoms with Crippen LogP contribution in [0.2, 0.25) is 0 Å². The summed E-state index contributed by atoms with van der Waals surface area (Å²) in [6.07, 6.45) is 6.48. The summed E-state index contributed by atoms with van der Waals surface area (Å²) < 4.78 is 2.43. The molecule has 0 N–H and O–H groups in total. The van der Waals surface area contributed by atoms with Gasteiger partial charge in [-0.1, -0.05) is 179 Å². The number of nitrogens with zero attached hydrogens (tertiary/aromatic N) is 2. The molecule has 0 atom stereocenters. The summed E-state index contributed by atoms with van der Waals surface area (Å²) in [5, 5.41) is 5.18. The molecule has 0 amide bonds. The zero-order valence-corrected chi connectivity index (χ0v) is 36.1. The van der Waals surface area contributed by atoms with Crippen molar-refractivity contribution in [1.29, 1.82) is 0 Å². The largest absolute Gasteiger partial charge is 0.309 e. The molecular formula is C61H50N2. The molecule has 0 saturated heterocycles. The molecule has 1 fully saturated rings. The van der Waals surface area contributed by atoms with Crippen LogP contribution < -0.4 is 4.90 Å². The summed E-state index contributed by atoms with van der Waals surface area (Å²) >= 11 is 0. The molecule has 63 heavy (non-hydrogen) atoms. The van der Waals surface area contributed by atoms with Crippen molar-refractivity contribution in [3.8, 4) is 39.1 Å². The summed E-state index contributed by atoms with van der Waals surface area (Å²) in [6.45, 7) is 4.73. The zero-order valence-electron chi connectivity index (χ0n) is 36.1. The molecule has 2 heteroatoms. The molecule has 2 aliphatic rings. The predicted molar refractivity (Wildman–Crippen MR) is 267 cm³/mol. The van der Waals surface area contributed by atoms with E-state index in [0.717, 1.165) is 22.7 Å². The quantitative estimate of drug-likeness (QED) is 0.156. The molecule has 0 radical (unpaired) electrons. The fourth-order valence-electron chi connectivity index (χ4n) is 11.4. The highest BCUT2D eigenvalue weighted by atomic mass is 15.2. The van der Waals surface area contributed by atoms with Crippen molar-refractivity contribution in [3.63, 3.8) is 0 Å². The summed E-state index contributed by atoms with van der Waals surface area (Å²) in [6, 6.07) is 74.9. The van der Waals surface area contributed by atoms with E-state index in [9.17, 15) is 0 Å². The molecule has 304 valence electrons. The Morgan fingerprint density at radius 2 is 1.10 bits per heavy atom. The van der Waals surface area contributed by atoms with Crippen LogP contribution >= 0.6 is 0 Å². The topological polar surface area (TPSA) is 8.17 Å². The van der Waals surface area contributed by atoms with Crippen molar-refractivity contribution in [3.05, 3.63) is 217 Å². The molecule has 0 aliphatic heterocycles. The third-order valence-corrected chi connectivity index (χ3v) is 14.4. The van der Waals surface area contributed by atoms with Gasteiger partial charge in [0.1, 0.15) is 0 Å². The Morgan fingerprint density at radius 1 is 0.460 bits per heavy atom. The van der Waals surface area contributed by atoms with Gasteiger partial charge in [0, 0.05) is 33.1 Å². The van der Waals surface area contributed by atoms with Gasteiger partial charge in [0.05, 0.1) is 22.4 Å². The lowest BCUT2D eigenvalue weighted by Crippen LogP contribution is -2.14. The number of benzene rings is 9. The highest BCUT2D eigenvalue weighted by Crippen LogP contribution is 2.51. The van der Waals surface area contributed by atoms with Crippen molar-refractivity contribution in [2.45, 2.75) is 57.3 Å². The average Bonchev–Trinajstić information content (AvgIpc) is 3.81. The van der Waals surface area contributed by atoms with Gasteiger partial charge in [0.2, 0.25) is 0 Å². The normalized spacial score (nSPS) is 14.6. The third-order valence-electron chi connectivity index (χ3n) is 14.4. The second kappa shape index (κ2) is 15.0. The van der Waals surface area contributed by atoms with Crippen LogP contribution in [-0.2, 0) is 5.41 Å². The first-order valence-corrected chi connectivity index (χ1v) is 22.9. The van der Waals surface area contributed by atoms with Gasteiger partial charge in [-0.05, 0) is 129 Å². The summed E-state index contributed by atoms with van der Waals surface area (Å²) in [7, 11) is 0. The lowest BCUT2D eigenvalue weighted by Gasteiger charge is -2.30. The van der Waals surface area contributed by atoms with Gasteiger partial charge in [-0.25, -0.2) is 0 Å². The molecule has 2 aliphatic carbocycles. The maximum absolute atomic E-state index is 2.54. The van der Waals surface area contributed by atoms with Crippen LogP contribution in [-0.4, -0.2) is 4.57 Å². The first-order chi connectivity index (χ1) is 31.0. The van der Waals surface area contributed by atoms with Gasteiger partial charge in [-0.3, -0.25) is 0 Å². The van der Waals surface area contributed by atoms with E-state index in [4.69, 9.17) is 0 Å². The van der Waals surface area contributed by atoms with Gasteiger partial charge in [0.25, 0.3) is 0 Å². The fraction of sp³-hybridized carbons (Fsp3) is 0.148. The lowest BCUT2D eigenvalue weighted by atomic mass is 9.80. The Kier molecular flexibility index (Phi) is 8.97. The average molecular weight is 811 g/mol. The lowest BCUT2D eigenvalue weighted by molar-refractivity contribution is 0.445. The first-order valence-electron chi connectivity index (χ1n) is 22.9. The van der Waals surface area contributed by atoms with Crippen molar-refractivity contribution >= 4 is 49.6 Å².